The van der Waals surface area contributed by atoms with Crippen molar-refractivity contribution in [2.24, 2.45) is 0 Å². The molecule has 0 aliphatic heterocycles. The van der Waals surface area contributed by atoms with Crippen molar-refractivity contribution >= 4 is 0 Å². The molecule has 1 aromatic rings. The predicted octanol–water partition coefficient (Wildman–Crippen LogP) is 1.64. The zero-order valence-corrected chi connectivity index (χ0v) is 5.01. The molecule has 0 unspecified atom stereocenters. The summed E-state index contributed by atoms with van der Waals surface area (Å²) in [5, 5.41) is 3.70. The highest BCUT2D eigenvalue weighted by molar-refractivity contribution is 5.14. The summed E-state index contributed by atoms with van der Waals surface area (Å²) in [6, 6.07) is 1.84. The molecule has 0 bridgehead atoms. The normalized spacial score (nSPS) is 10.4. The standard InChI is InChI=1S/C6H8NO/c1-5(2)6-3-4-8-7-6/h3-4H,1-2H3. The Morgan fingerprint density at radius 3 is 2.62 bits per heavy atom. The van der Waals surface area contributed by atoms with Crippen LogP contribution in [0.3, 0.4) is 0 Å². The summed E-state index contributed by atoms with van der Waals surface area (Å²) < 4.78 is 4.60. The van der Waals surface area contributed by atoms with Crippen LogP contribution < -0.4 is 0 Å². The third-order valence-electron chi connectivity index (χ3n) is 0.950. The summed E-state index contributed by atoms with van der Waals surface area (Å²) in [5.41, 5.74) is 0.935. The minimum atomic E-state index is 0.935. The molecule has 0 aliphatic carbocycles. The average molecular weight is 110 g/mol. The zero-order valence-electron chi connectivity index (χ0n) is 5.01. The average Bonchev–Trinajstić information content (AvgIpc) is 2.12. The fourth-order valence-corrected chi connectivity index (χ4v) is 0.470. The SMILES string of the molecule is C[C](C)c1ccon1. The first-order valence-corrected chi connectivity index (χ1v) is 2.51. The highest BCUT2D eigenvalue weighted by atomic mass is 16.5. The van der Waals surface area contributed by atoms with Gasteiger partial charge in [0, 0.05) is 12.0 Å². The van der Waals surface area contributed by atoms with Crippen LogP contribution in [0.5, 0.6) is 0 Å². The number of hydrogen-bond acceptors (Lipinski definition) is 2. The van der Waals surface area contributed by atoms with Crippen molar-refractivity contribution < 1.29 is 4.52 Å². The fourth-order valence-electron chi connectivity index (χ4n) is 0.470. The Kier molecular flexibility index (Phi) is 1.33. The van der Waals surface area contributed by atoms with Gasteiger partial charge in [0.25, 0.3) is 0 Å². The second-order valence-electron chi connectivity index (χ2n) is 1.88. The number of aromatic nitrogens is 1. The summed E-state index contributed by atoms with van der Waals surface area (Å²) in [5.74, 6) is 1.18. The molecule has 1 rings (SSSR count). The molecule has 1 aromatic heterocycles. The molecule has 0 amide bonds. The predicted molar refractivity (Wildman–Crippen MR) is 30.2 cm³/mol. The van der Waals surface area contributed by atoms with E-state index in [-0.39, 0.29) is 0 Å². The Labute approximate surface area is 48.5 Å². The van der Waals surface area contributed by atoms with Crippen LogP contribution in [-0.4, -0.2) is 5.16 Å². The van der Waals surface area contributed by atoms with Crippen LogP contribution >= 0.6 is 0 Å². The van der Waals surface area contributed by atoms with E-state index < -0.39 is 0 Å². The molecule has 1 radical (unpaired) electrons. The lowest BCUT2D eigenvalue weighted by molar-refractivity contribution is 0.414. The van der Waals surface area contributed by atoms with Crippen molar-refractivity contribution in [2.45, 2.75) is 13.8 Å². The maximum Gasteiger partial charge on any atom is 0.124 e. The van der Waals surface area contributed by atoms with Crippen molar-refractivity contribution in [3.63, 3.8) is 0 Å². The van der Waals surface area contributed by atoms with Gasteiger partial charge in [0.1, 0.15) is 6.26 Å². The Morgan fingerprint density at radius 2 is 2.38 bits per heavy atom. The molecule has 0 N–H and O–H groups in total. The van der Waals surface area contributed by atoms with Crippen LogP contribution in [0, 0.1) is 5.92 Å². The van der Waals surface area contributed by atoms with Crippen molar-refractivity contribution in [1.82, 2.24) is 5.16 Å². The number of hydrogen-bond donors (Lipinski definition) is 0. The van der Waals surface area contributed by atoms with Crippen LogP contribution in [-0.2, 0) is 0 Å². The lowest BCUT2D eigenvalue weighted by Gasteiger charge is -1.91. The van der Waals surface area contributed by atoms with Gasteiger partial charge >= 0.3 is 0 Å². The Hall–Kier alpha value is -0.790. The Balaban J connectivity index is 2.77. The second kappa shape index (κ2) is 1.99. The van der Waals surface area contributed by atoms with Crippen LogP contribution in [0.15, 0.2) is 16.9 Å². The van der Waals surface area contributed by atoms with E-state index in [2.05, 4.69) is 9.68 Å². The van der Waals surface area contributed by atoms with Crippen molar-refractivity contribution in [3.8, 4) is 0 Å². The first-order valence-electron chi connectivity index (χ1n) is 2.51. The third kappa shape index (κ3) is 0.886. The van der Waals surface area contributed by atoms with Gasteiger partial charge in [-0.2, -0.15) is 0 Å². The van der Waals surface area contributed by atoms with E-state index in [9.17, 15) is 0 Å². The van der Waals surface area contributed by atoms with Gasteiger partial charge in [0.05, 0.1) is 5.69 Å². The molecule has 0 aliphatic rings. The quantitative estimate of drug-likeness (QED) is 0.549. The molecule has 0 fully saturated rings. The second-order valence-corrected chi connectivity index (χ2v) is 1.88. The highest BCUT2D eigenvalue weighted by Crippen LogP contribution is 2.07. The minimum absolute atomic E-state index is 0.935. The summed E-state index contributed by atoms with van der Waals surface area (Å²) in [6.45, 7) is 4.00. The van der Waals surface area contributed by atoms with E-state index in [1.54, 1.807) is 6.26 Å². The number of nitrogens with zero attached hydrogens (tertiary/aromatic N) is 1. The lowest BCUT2D eigenvalue weighted by atomic mass is 10.1. The third-order valence-corrected chi connectivity index (χ3v) is 0.950. The fraction of sp³-hybridized carbons (Fsp3) is 0.333. The highest BCUT2D eigenvalue weighted by Gasteiger charge is 1.99. The largest absolute Gasteiger partial charge is 0.364 e. The monoisotopic (exact) mass is 110 g/mol. The summed E-state index contributed by atoms with van der Waals surface area (Å²) >= 11 is 0. The first kappa shape index (κ1) is 5.35. The maximum absolute atomic E-state index is 4.60. The van der Waals surface area contributed by atoms with Crippen LogP contribution in [0.2, 0.25) is 0 Å². The summed E-state index contributed by atoms with van der Waals surface area (Å²) in [7, 11) is 0. The van der Waals surface area contributed by atoms with Crippen LogP contribution in [0.4, 0.5) is 0 Å². The van der Waals surface area contributed by atoms with E-state index in [0.29, 0.717) is 0 Å². The molecule has 0 saturated carbocycles. The van der Waals surface area contributed by atoms with Crippen molar-refractivity contribution in [3.05, 3.63) is 23.9 Å². The smallest absolute Gasteiger partial charge is 0.124 e. The minimum Gasteiger partial charge on any atom is -0.364 e. The van der Waals surface area contributed by atoms with E-state index in [0.717, 1.165) is 5.69 Å². The van der Waals surface area contributed by atoms with Gasteiger partial charge in [-0.05, 0) is 0 Å². The molecule has 0 spiro atoms. The molecule has 8 heavy (non-hydrogen) atoms. The van der Waals surface area contributed by atoms with E-state index >= 15 is 0 Å². The maximum atomic E-state index is 4.60. The molecule has 1 heterocycles. The van der Waals surface area contributed by atoms with E-state index in [1.165, 1.54) is 5.92 Å². The molecule has 43 valence electrons. The van der Waals surface area contributed by atoms with E-state index in [4.69, 9.17) is 0 Å². The molecular formula is C6H8NO. The molecule has 0 atom stereocenters. The van der Waals surface area contributed by atoms with Gasteiger partial charge in [-0.15, -0.1) is 0 Å². The van der Waals surface area contributed by atoms with Gasteiger partial charge in [-0.1, -0.05) is 19.0 Å². The Bertz CT molecular complexity index is 144. The van der Waals surface area contributed by atoms with Crippen LogP contribution in [0.25, 0.3) is 0 Å². The lowest BCUT2D eigenvalue weighted by Crippen LogP contribution is -1.85. The molecule has 0 aromatic carbocycles. The zero-order chi connectivity index (χ0) is 5.98. The van der Waals surface area contributed by atoms with Gasteiger partial charge in [-0.25, -0.2) is 0 Å². The van der Waals surface area contributed by atoms with Gasteiger partial charge in [0.2, 0.25) is 0 Å². The molecule has 2 nitrogen and oxygen atoms in total. The molecule has 2 heteroatoms. The Morgan fingerprint density at radius 1 is 1.62 bits per heavy atom. The molecule has 0 saturated heterocycles. The molecular weight excluding hydrogens is 102 g/mol. The number of rotatable bonds is 1. The topological polar surface area (TPSA) is 26.0 Å². The van der Waals surface area contributed by atoms with Crippen molar-refractivity contribution in [1.29, 1.82) is 0 Å². The van der Waals surface area contributed by atoms with Crippen molar-refractivity contribution in [2.75, 3.05) is 0 Å². The van der Waals surface area contributed by atoms with Gasteiger partial charge in [-0.3, -0.25) is 0 Å². The van der Waals surface area contributed by atoms with Gasteiger partial charge in [0.15, 0.2) is 0 Å². The van der Waals surface area contributed by atoms with Gasteiger partial charge < -0.3 is 4.52 Å². The summed E-state index contributed by atoms with van der Waals surface area (Å²) in [6.07, 6.45) is 1.57. The van der Waals surface area contributed by atoms with Crippen LogP contribution in [0.1, 0.15) is 19.5 Å². The summed E-state index contributed by atoms with van der Waals surface area (Å²) in [4.78, 5) is 0. The van der Waals surface area contributed by atoms with E-state index in [1.807, 2.05) is 19.9 Å². The first-order chi connectivity index (χ1) is 3.80.